The number of halogens is 1. The van der Waals surface area contributed by atoms with Gasteiger partial charge in [0.2, 0.25) is 10.0 Å². The van der Waals surface area contributed by atoms with Gasteiger partial charge >= 0.3 is 0 Å². The van der Waals surface area contributed by atoms with Crippen LogP contribution >= 0.6 is 27.7 Å². The van der Waals surface area contributed by atoms with Crippen LogP contribution in [0.25, 0.3) is 0 Å². The summed E-state index contributed by atoms with van der Waals surface area (Å²) >= 11 is 4.71. The first-order valence-corrected chi connectivity index (χ1v) is 9.48. The number of sulfonamides is 1. The summed E-state index contributed by atoms with van der Waals surface area (Å²) in [5.41, 5.74) is 6.83. The molecule has 0 saturated heterocycles. The third-order valence-electron chi connectivity index (χ3n) is 2.52. The van der Waals surface area contributed by atoms with Crippen LogP contribution in [0.5, 0.6) is 0 Å². The molecule has 2 rings (SSSR count). The highest BCUT2D eigenvalue weighted by atomic mass is 79.9. The van der Waals surface area contributed by atoms with E-state index in [1.807, 2.05) is 18.2 Å². The lowest BCUT2D eigenvalue weighted by Gasteiger charge is -2.09. The standard InChI is InChI=1S/C13H14BrN3O2S2/c14-12-9-16-5-4-13(12)17-21(18,19)7-6-20-11-3-1-2-10(15)8-11/h1-5,8-9H,6-7,15H2,(H,16,17). The molecular formula is C13H14BrN3O2S2. The first-order chi connectivity index (χ1) is 9.96. The van der Waals surface area contributed by atoms with Crippen molar-refractivity contribution in [2.24, 2.45) is 0 Å². The number of anilines is 2. The maximum atomic E-state index is 12.0. The van der Waals surface area contributed by atoms with Gasteiger partial charge in [-0.3, -0.25) is 9.71 Å². The van der Waals surface area contributed by atoms with Crippen molar-refractivity contribution in [3.8, 4) is 0 Å². The summed E-state index contributed by atoms with van der Waals surface area (Å²) in [5, 5.41) is 0. The SMILES string of the molecule is Nc1cccc(SCCS(=O)(=O)Nc2ccncc2Br)c1. The maximum Gasteiger partial charge on any atom is 0.233 e. The molecule has 0 atom stereocenters. The zero-order chi connectivity index (χ0) is 15.3. The third-order valence-corrected chi connectivity index (χ3v) is 5.68. The molecule has 0 unspecified atom stereocenters. The van der Waals surface area contributed by atoms with Crippen LogP contribution in [0.3, 0.4) is 0 Å². The van der Waals surface area contributed by atoms with Gasteiger partial charge in [0.15, 0.2) is 0 Å². The number of thioether (sulfide) groups is 1. The van der Waals surface area contributed by atoms with E-state index in [2.05, 4.69) is 25.6 Å². The van der Waals surface area contributed by atoms with Gasteiger partial charge in [0.1, 0.15) is 0 Å². The monoisotopic (exact) mass is 387 g/mol. The van der Waals surface area contributed by atoms with E-state index >= 15 is 0 Å². The minimum absolute atomic E-state index is 0.0151. The summed E-state index contributed by atoms with van der Waals surface area (Å²) in [6.07, 6.45) is 3.07. The van der Waals surface area contributed by atoms with Crippen LogP contribution in [-0.2, 0) is 10.0 Å². The van der Waals surface area contributed by atoms with Crippen LogP contribution in [0.2, 0.25) is 0 Å². The number of rotatable bonds is 6. The fraction of sp³-hybridized carbons (Fsp3) is 0.154. The van der Waals surface area contributed by atoms with Gasteiger partial charge in [-0.25, -0.2) is 8.42 Å². The van der Waals surface area contributed by atoms with Gasteiger partial charge in [-0.05, 0) is 40.2 Å². The van der Waals surface area contributed by atoms with Gasteiger partial charge in [-0.15, -0.1) is 11.8 Å². The molecule has 1 heterocycles. The van der Waals surface area contributed by atoms with E-state index in [1.54, 1.807) is 18.3 Å². The number of benzene rings is 1. The molecule has 0 aliphatic rings. The first-order valence-electron chi connectivity index (χ1n) is 6.05. The lowest BCUT2D eigenvalue weighted by Crippen LogP contribution is -2.18. The minimum Gasteiger partial charge on any atom is -0.399 e. The predicted octanol–water partition coefficient (Wildman–Crippen LogP) is 2.96. The number of pyridine rings is 1. The quantitative estimate of drug-likeness (QED) is 0.587. The number of nitrogen functional groups attached to an aromatic ring is 1. The zero-order valence-electron chi connectivity index (χ0n) is 11.0. The molecule has 0 bridgehead atoms. The summed E-state index contributed by atoms with van der Waals surface area (Å²) in [7, 11) is -3.40. The molecule has 21 heavy (non-hydrogen) atoms. The van der Waals surface area contributed by atoms with Crippen LogP contribution in [0.1, 0.15) is 0 Å². The van der Waals surface area contributed by atoms with Gasteiger partial charge in [-0.1, -0.05) is 6.07 Å². The van der Waals surface area contributed by atoms with E-state index in [0.717, 1.165) is 4.90 Å². The molecule has 0 fully saturated rings. The first kappa shape index (κ1) is 16.1. The molecule has 0 aliphatic carbocycles. The Balaban J connectivity index is 1.91. The number of aromatic nitrogens is 1. The van der Waals surface area contributed by atoms with E-state index in [9.17, 15) is 8.42 Å². The number of nitrogens with one attached hydrogen (secondary N) is 1. The lowest BCUT2D eigenvalue weighted by atomic mass is 10.3. The molecule has 0 spiro atoms. The van der Waals surface area contributed by atoms with Gasteiger partial charge in [-0.2, -0.15) is 0 Å². The van der Waals surface area contributed by atoms with E-state index in [0.29, 0.717) is 21.6 Å². The molecule has 5 nitrogen and oxygen atoms in total. The summed E-state index contributed by atoms with van der Waals surface area (Å²) < 4.78 is 27.2. The molecule has 3 N–H and O–H groups in total. The van der Waals surface area contributed by atoms with Crippen LogP contribution in [0.4, 0.5) is 11.4 Å². The summed E-state index contributed by atoms with van der Waals surface area (Å²) in [6.45, 7) is 0. The molecule has 2 aromatic rings. The predicted molar refractivity (Wildman–Crippen MR) is 90.9 cm³/mol. The number of hydrogen-bond acceptors (Lipinski definition) is 5. The second kappa shape index (κ2) is 7.15. The Hall–Kier alpha value is -1.25. The molecule has 8 heteroatoms. The van der Waals surface area contributed by atoms with Crippen molar-refractivity contribution in [3.05, 3.63) is 47.2 Å². The number of hydrogen-bond donors (Lipinski definition) is 2. The zero-order valence-corrected chi connectivity index (χ0v) is 14.2. The van der Waals surface area contributed by atoms with Crippen molar-refractivity contribution in [2.75, 3.05) is 22.0 Å². The summed E-state index contributed by atoms with van der Waals surface area (Å²) in [4.78, 5) is 4.84. The molecular weight excluding hydrogens is 374 g/mol. The van der Waals surface area contributed by atoms with E-state index in [1.165, 1.54) is 18.0 Å². The number of nitrogens with two attached hydrogens (primary N) is 1. The van der Waals surface area contributed by atoms with Crippen LogP contribution < -0.4 is 10.5 Å². The highest BCUT2D eigenvalue weighted by Gasteiger charge is 2.12. The van der Waals surface area contributed by atoms with Gasteiger partial charge in [0.25, 0.3) is 0 Å². The van der Waals surface area contributed by atoms with Crippen molar-refractivity contribution in [2.45, 2.75) is 4.90 Å². The van der Waals surface area contributed by atoms with Crippen molar-refractivity contribution in [1.29, 1.82) is 0 Å². The second-order valence-electron chi connectivity index (χ2n) is 4.20. The second-order valence-corrected chi connectivity index (χ2v) is 8.06. The van der Waals surface area contributed by atoms with Crippen molar-refractivity contribution in [3.63, 3.8) is 0 Å². The molecule has 0 saturated carbocycles. The minimum atomic E-state index is -3.40. The normalized spacial score (nSPS) is 11.3. The summed E-state index contributed by atoms with van der Waals surface area (Å²) in [6, 6.07) is 8.97. The fourth-order valence-corrected chi connectivity index (χ4v) is 4.49. The lowest BCUT2D eigenvalue weighted by molar-refractivity contribution is 0.602. The Kier molecular flexibility index (Phi) is 5.49. The Morgan fingerprint density at radius 1 is 1.33 bits per heavy atom. The largest absolute Gasteiger partial charge is 0.399 e. The Morgan fingerprint density at radius 3 is 2.86 bits per heavy atom. The Morgan fingerprint density at radius 2 is 2.14 bits per heavy atom. The molecule has 0 aliphatic heterocycles. The molecule has 1 aromatic carbocycles. The summed E-state index contributed by atoms with van der Waals surface area (Å²) in [5.74, 6) is 0.461. The average molecular weight is 388 g/mol. The fourth-order valence-electron chi connectivity index (χ4n) is 1.55. The molecule has 1 aromatic heterocycles. The Labute approximate surface area is 136 Å². The average Bonchev–Trinajstić information content (AvgIpc) is 2.41. The van der Waals surface area contributed by atoms with Crippen molar-refractivity contribution < 1.29 is 8.42 Å². The Bertz CT molecular complexity index is 723. The van der Waals surface area contributed by atoms with E-state index < -0.39 is 10.0 Å². The number of nitrogens with zero attached hydrogens (tertiary/aromatic N) is 1. The van der Waals surface area contributed by atoms with Gasteiger partial charge in [0.05, 0.1) is 15.9 Å². The third kappa shape index (κ3) is 5.22. The van der Waals surface area contributed by atoms with E-state index in [4.69, 9.17) is 5.73 Å². The molecule has 0 amide bonds. The van der Waals surface area contributed by atoms with Gasteiger partial charge in [0, 0.05) is 28.7 Å². The van der Waals surface area contributed by atoms with Crippen LogP contribution in [-0.4, -0.2) is 24.9 Å². The van der Waals surface area contributed by atoms with E-state index in [-0.39, 0.29) is 5.75 Å². The van der Waals surface area contributed by atoms with Crippen LogP contribution in [0.15, 0.2) is 52.1 Å². The van der Waals surface area contributed by atoms with Crippen LogP contribution in [0, 0.1) is 0 Å². The highest BCUT2D eigenvalue weighted by Crippen LogP contribution is 2.23. The smallest absolute Gasteiger partial charge is 0.233 e. The maximum absolute atomic E-state index is 12.0. The topological polar surface area (TPSA) is 85.1 Å². The molecule has 112 valence electrons. The molecule has 0 radical (unpaired) electrons. The van der Waals surface area contributed by atoms with Gasteiger partial charge < -0.3 is 5.73 Å². The highest BCUT2D eigenvalue weighted by molar-refractivity contribution is 9.10. The van der Waals surface area contributed by atoms with Crippen molar-refractivity contribution in [1.82, 2.24) is 4.98 Å². The van der Waals surface area contributed by atoms with Crippen molar-refractivity contribution >= 4 is 49.1 Å².